The van der Waals surface area contributed by atoms with E-state index in [9.17, 15) is 4.79 Å². The third-order valence-corrected chi connectivity index (χ3v) is 3.55. The van der Waals surface area contributed by atoms with Crippen molar-refractivity contribution in [3.05, 3.63) is 59.2 Å². The molecule has 1 N–H and O–H groups in total. The minimum atomic E-state index is -0.168. The predicted molar refractivity (Wildman–Crippen MR) is 85.6 cm³/mol. The topological polar surface area (TPSA) is 85.7 Å². The van der Waals surface area contributed by atoms with E-state index in [0.717, 1.165) is 22.4 Å². The molecule has 0 saturated carbocycles. The first-order chi connectivity index (χ1) is 11.1. The lowest BCUT2D eigenvalue weighted by atomic mass is 10.2. The van der Waals surface area contributed by atoms with Crippen LogP contribution in [0.1, 0.15) is 27.4 Å². The first-order valence-electron chi connectivity index (χ1n) is 7.13. The lowest BCUT2D eigenvalue weighted by molar-refractivity contribution is 0.0781. The van der Waals surface area contributed by atoms with Crippen LogP contribution in [0.15, 0.2) is 36.5 Å². The molecule has 6 nitrogen and oxygen atoms in total. The Labute approximate surface area is 133 Å². The molecule has 0 saturated heterocycles. The van der Waals surface area contributed by atoms with Crippen LogP contribution in [0.5, 0.6) is 0 Å². The number of pyridine rings is 1. The maximum absolute atomic E-state index is 12.4. The van der Waals surface area contributed by atoms with Crippen molar-refractivity contribution in [3.8, 4) is 6.07 Å². The summed E-state index contributed by atoms with van der Waals surface area (Å²) in [4.78, 5) is 25.6. The number of nitrogens with zero attached hydrogens (tertiary/aromatic N) is 4. The van der Waals surface area contributed by atoms with Gasteiger partial charge in [-0.3, -0.25) is 4.79 Å². The Morgan fingerprint density at radius 1 is 1.35 bits per heavy atom. The van der Waals surface area contributed by atoms with Crippen molar-refractivity contribution in [2.45, 2.75) is 13.5 Å². The number of aryl methyl sites for hydroxylation is 1. The Morgan fingerprint density at radius 2 is 2.17 bits per heavy atom. The van der Waals surface area contributed by atoms with Crippen LogP contribution >= 0.6 is 0 Å². The average Bonchev–Trinajstić information content (AvgIpc) is 2.95. The summed E-state index contributed by atoms with van der Waals surface area (Å²) in [5.41, 5.74) is 3.73. The van der Waals surface area contributed by atoms with Crippen molar-refractivity contribution in [3.63, 3.8) is 0 Å². The van der Waals surface area contributed by atoms with Gasteiger partial charge in [-0.2, -0.15) is 5.26 Å². The van der Waals surface area contributed by atoms with Gasteiger partial charge in [0.1, 0.15) is 17.6 Å². The molecule has 2 aromatic heterocycles. The zero-order chi connectivity index (χ0) is 16.4. The molecule has 0 aliphatic carbocycles. The summed E-state index contributed by atoms with van der Waals surface area (Å²) in [5.74, 6) is 0.557. The molecule has 0 spiro atoms. The highest BCUT2D eigenvalue weighted by Crippen LogP contribution is 2.14. The predicted octanol–water partition coefficient (Wildman–Crippen LogP) is 2.41. The highest BCUT2D eigenvalue weighted by atomic mass is 16.2. The van der Waals surface area contributed by atoms with Gasteiger partial charge < -0.3 is 9.88 Å². The van der Waals surface area contributed by atoms with Gasteiger partial charge in [0.25, 0.3) is 5.91 Å². The van der Waals surface area contributed by atoms with Crippen molar-refractivity contribution in [2.24, 2.45) is 0 Å². The monoisotopic (exact) mass is 305 g/mol. The normalized spacial score (nSPS) is 10.5. The number of aromatic amines is 1. The highest BCUT2D eigenvalue weighted by molar-refractivity contribution is 5.93. The maximum atomic E-state index is 12.4. The van der Waals surface area contributed by atoms with Gasteiger partial charge in [-0.15, -0.1) is 0 Å². The van der Waals surface area contributed by atoms with E-state index in [-0.39, 0.29) is 11.6 Å². The summed E-state index contributed by atoms with van der Waals surface area (Å²) in [6.45, 7) is 2.39. The van der Waals surface area contributed by atoms with E-state index < -0.39 is 0 Å². The number of nitriles is 1. The number of imidazole rings is 1. The molecule has 2 heterocycles. The zero-order valence-electron chi connectivity index (χ0n) is 12.9. The highest BCUT2D eigenvalue weighted by Gasteiger charge is 2.14. The Morgan fingerprint density at radius 3 is 2.87 bits per heavy atom. The van der Waals surface area contributed by atoms with Gasteiger partial charge in [0.2, 0.25) is 0 Å². The molecule has 0 aliphatic heterocycles. The summed E-state index contributed by atoms with van der Waals surface area (Å²) in [5, 5.41) is 8.74. The van der Waals surface area contributed by atoms with E-state index >= 15 is 0 Å². The van der Waals surface area contributed by atoms with E-state index in [1.54, 1.807) is 18.0 Å². The summed E-state index contributed by atoms with van der Waals surface area (Å²) >= 11 is 0. The molecule has 0 fully saturated rings. The number of H-pyrrole nitrogens is 1. The van der Waals surface area contributed by atoms with Gasteiger partial charge in [-0.25, -0.2) is 9.97 Å². The maximum Gasteiger partial charge on any atom is 0.255 e. The van der Waals surface area contributed by atoms with E-state index in [4.69, 9.17) is 5.26 Å². The molecule has 23 heavy (non-hydrogen) atoms. The van der Waals surface area contributed by atoms with Gasteiger partial charge in [0.05, 0.1) is 23.1 Å². The molecular formula is C17H15N5O. The zero-order valence-corrected chi connectivity index (χ0v) is 12.9. The van der Waals surface area contributed by atoms with Crippen LogP contribution in [0.2, 0.25) is 0 Å². The van der Waals surface area contributed by atoms with Crippen LogP contribution in [-0.4, -0.2) is 32.8 Å². The first-order valence-corrected chi connectivity index (χ1v) is 7.13. The molecule has 0 atom stereocenters. The fraction of sp³-hybridized carbons (Fsp3) is 0.176. The van der Waals surface area contributed by atoms with Gasteiger partial charge in [0, 0.05) is 13.2 Å². The molecule has 0 aliphatic rings. The van der Waals surface area contributed by atoms with Crippen molar-refractivity contribution < 1.29 is 4.79 Å². The Balaban J connectivity index is 1.77. The van der Waals surface area contributed by atoms with Crippen molar-refractivity contribution in [2.75, 3.05) is 7.05 Å². The van der Waals surface area contributed by atoms with Gasteiger partial charge >= 0.3 is 0 Å². The van der Waals surface area contributed by atoms with E-state index in [1.807, 2.05) is 31.2 Å². The fourth-order valence-corrected chi connectivity index (χ4v) is 2.35. The largest absolute Gasteiger partial charge is 0.340 e. The van der Waals surface area contributed by atoms with Gasteiger partial charge in [-0.1, -0.05) is 6.07 Å². The molecule has 3 aromatic rings. The third kappa shape index (κ3) is 3.04. The number of carbonyl (C=O) groups excluding carboxylic acids is 1. The van der Waals surface area contributed by atoms with Gasteiger partial charge in [-0.05, 0) is 36.8 Å². The molecule has 0 radical (unpaired) electrons. The van der Waals surface area contributed by atoms with Crippen molar-refractivity contribution in [1.82, 2.24) is 19.9 Å². The number of fused-ring (bicyclic) bond motifs is 1. The molecular weight excluding hydrogens is 290 g/mol. The SMILES string of the molecule is Cc1ccc2nc(CN(C)C(=O)c3ccc(C#N)nc3)[nH]c2c1. The lowest BCUT2D eigenvalue weighted by Crippen LogP contribution is -2.26. The molecule has 0 unspecified atom stereocenters. The fourth-order valence-electron chi connectivity index (χ4n) is 2.35. The van der Waals surface area contributed by atoms with E-state index in [0.29, 0.717) is 12.1 Å². The van der Waals surface area contributed by atoms with Gasteiger partial charge in [0.15, 0.2) is 0 Å². The number of nitrogens with one attached hydrogen (secondary N) is 1. The first kappa shape index (κ1) is 14.7. The van der Waals surface area contributed by atoms with Crippen LogP contribution in [-0.2, 0) is 6.54 Å². The second-order valence-electron chi connectivity index (χ2n) is 5.41. The van der Waals surface area contributed by atoms with Crippen LogP contribution in [0.3, 0.4) is 0 Å². The minimum Gasteiger partial charge on any atom is -0.340 e. The summed E-state index contributed by atoms with van der Waals surface area (Å²) in [7, 11) is 1.71. The summed E-state index contributed by atoms with van der Waals surface area (Å²) < 4.78 is 0. The Bertz CT molecular complexity index is 905. The van der Waals surface area contributed by atoms with Crippen LogP contribution in [0.4, 0.5) is 0 Å². The van der Waals surface area contributed by atoms with Crippen LogP contribution < -0.4 is 0 Å². The number of amides is 1. The van der Waals surface area contributed by atoms with E-state index in [2.05, 4.69) is 15.0 Å². The Kier molecular flexibility index (Phi) is 3.77. The van der Waals surface area contributed by atoms with Crippen LogP contribution in [0.25, 0.3) is 11.0 Å². The smallest absolute Gasteiger partial charge is 0.255 e. The molecule has 114 valence electrons. The summed E-state index contributed by atoms with van der Waals surface area (Å²) in [6.07, 6.45) is 1.42. The number of rotatable bonds is 3. The minimum absolute atomic E-state index is 0.168. The Hall–Kier alpha value is -3.20. The second kappa shape index (κ2) is 5.89. The van der Waals surface area contributed by atoms with Crippen molar-refractivity contribution >= 4 is 16.9 Å². The molecule has 3 rings (SSSR count). The standard InChI is InChI=1S/C17H15N5O/c1-11-3-6-14-15(7-11)21-16(20-14)10-22(2)17(23)12-4-5-13(8-18)19-9-12/h3-7,9H,10H2,1-2H3,(H,20,21). The number of carbonyl (C=O) groups is 1. The molecule has 0 bridgehead atoms. The number of aromatic nitrogens is 3. The third-order valence-electron chi connectivity index (χ3n) is 3.55. The average molecular weight is 305 g/mol. The summed E-state index contributed by atoms with van der Waals surface area (Å²) in [6, 6.07) is 11.1. The molecule has 1 amide bonds. The number of benzene rings is 1. The quantitative estimate of drug-likeness (QED) is 0.805. The van der Waals surface area contributed by atoms with E-state index in [1.165, 1.54) is 12.3 Å². The molecule has 1 aromatic carbocycles. The van der Waals surface area contributed by atoms with Crippen LogP contribution in [0, 0.1) is 18.3 Å². The molecule has 6 heteroatoms. The van der Waals surface area contributed by atoms with Crippen molar-refractivity contribution in [1.29, 1.82) is 5.26 Å². The number of hydrogen-bond donors (Lipinski definition) is 1. The number of hydrogen-bond acceptors (Lipinski definition) is 4. The lowest BCUT2D eigenvalue weighted by Gasteiger charge is -2.15. The second-order valence-corrected chi connectivity index (χ2v) is 5.41.